The lowest BCUT2D eigenvalue weighted by Crippen LogP contribution is -2.28. The third-order valence-corrected chi connectivity index (χ3v) is 10.3. The van der Waals surface area contributed by atoms with E-state index in [1.54, 1.807) is 14.2 Å². The Hall–Kier alpha value is -4.70. The molecule has 0 radical (unpaired) electrons. The van der Waals surface area contributed by atoms with Gasteiger partial charge in [0.05, 0.1) is 14.2 Å². The number of para-hydroxylation sites is 2. The molecule has 0 amide bonds. The second-order valence-electron chi connectivity index (χ2n) is 11.0. The normalized spacial score (nSPS) is 13.0. The van der Waals surface area contributed by atoms with Gasteiger partial charge in [0.1, 0.15) is 22.7 Å². The largest absolute Gasteiger partial charge is 0.496 e. The summed E-state index contributed by atoms with van der Waals surface area (Å²) in [5, 5.41) is 6.67. The number of benzene rings is 6. The van der Waals surface area contributed by atoms with Crippen LogP contribution in [0.5, 0.6) is 11.5 Å². The van der Waals surface area contributed by atoms with Gasteiger partial charge >= 0.3 is 8.16 Å². The van der Waals surface area contributed by atoms with Crippen LogP contribution in [0.3, 0.4) is 0 Å². The van der Waals surface area contributed by atoms with Crippen molar-refractivity contribution in [1.29, 1.82) is 0 Å². The maximum absolute atomic E-state index is 7.08. The number of rotatable bonds is 7. The zero-order valence-electron chi connectivity index (χ0n) is 25.2. The molecular weight excluding hydrogens is 565 g/mol. The maximum Gasteiger partial charge on any atom is 0.310 e. The van der Waals surface area contributed by atoms with Crippen LogP contribution >= 0.6 is 8.16 Å². The summed E-state index contributed by atoms with van der Waals surface area (Å²) in [7, 11) is 1.74. The SMILES string of the molecule is COc1ccccc1[C@@H](C)N([C@H](C)c1ccccc1OC)p1oc2ccc3ccccc3c2c2c(ccc3ccccc32)o1. The van der Waals surface area contributed by atoms with Gasteiger partial charge in [-0.2, -0.15) is 4.67 Å². The molecule has 0 saturated heterocycles. The van der Waals surface area contributed by atoms with Crippen LogP contribution in [-0.2, 0) is 0 Å². The van der Waals surface area contributed by atoms with Crippen LogP contribution in [0, 0.1) is 0 Å². The Balaban J connectivity index is 1.59. The molecule has 44 heavy (non-hydrogen) atoms. The van der Waals surface area contributed by atoms with Crippen LogP contribution in [0.4, 0.5) is 0 Å². The summed E-state index contributed by atoms with van der Waals surface area (Å²) in [4.78, 5) is 0. The molecule has 0 unspecified atom stereocenters. The monoisotopic (exact) mass is 599 g/mol. The van der Waals surface area contributed by atoms with E-state index in [0.29, 0.717) is 0 Å². The number of hydrogen-bond donors (Lipinski definition) is 0. The van der Waals surface area contributed by atoms with Crippen molar-refractivity contribution in [2.45, 2.75) is 25.9 Å². The average Bonchev–Trinajstić information content (AvgIpc) is 3.25. The Morgan fingerprint density at radius 3 is 1.39 bits per heavy atom. The van der Waals surface area contributed by atoms with Gasteiger partial charge in [-0.1, -0.05) is 97.1 Å². The van der Waals surface area contributed by atoms with Crippen LogP contribution in [-0.4, -0.2) is 14.2 Å². The van der Waals surface area contributed by atoms with Crippen LogP contribution in [0.1, 0.15) is 37.1 Å². The zero-order valence-corrected chi connectivity index (χ0v) is 26.1. The van der Waals surface area contributed by atoms with E-state index in [0.717, 1.165) is 66.1 Å². The molecule has 6 aromatic carbocycles. The first kappa shape index (κ1) is 28.1. The first-order valence-corrected chi connectivity index (χ1v) is 16.0. The first-order chi connectivity index (χ1) is 21.6. The molecule has 220 valence electrons. The highest BCUT2D eigenvalue weighted by molar-refractivity contribution is 7.39. The maximum atomic E-state index is 7.08. The topological polar surface area (TPSA) is 48.0 Å². The van der Waals surface area contributed by atoms with E-state index in [4.69, 9.17) is 17.9 Å². The fourth-order valence-electron chi connectivity index (χ4n) is 6.38. The molecule has 0 aliphatic rings. The number of ether oxygens (including phenoxy) is 2. The van der Waals surface area contributed by atoms with Crippen molar-refractivity contribution in [2.24, 2.45) is 0 Å². The molecular formula is C38H34NO4P. The zero-order chi connectivity index (χ0) is 30.2. The first-order valence-electron chi connectivity index (χ1n) is 14.8. The second kappa shape index (κ2) is 11.8. The van der Waals surface area contributed by atoms with Gasteiger partial charge in [0.25, 0.3) is 0 Å². The third-order valence-electron chi connectivity index (χ3n) is 8.54. The minimum Gasteiger partial charge on any atom is -0.496 e. The minimum atomic E-state index is -1.68. The summed E-state index contributed by atoms with van der Waals surface area (Å²) in [6.45, 7) is 4.37. The molecule has 5 nitrogen and oxygen atoms in total. The summed E-state index contributed by atoms with van der Waals surface area (Å²) in [6, 6.07) is 41.4. The number of nitrogens with zero attached hydrogens (tertiary/aromatic N) is 1. The molecule has 7 rings (SSSR count). The van der Waals surface area contributed by atoms with Crippen LogP contribution in [0.15, 0.2) is 130 Å². The lowest BCUT2D eigenvalue weighted by atomic mass is 9.99. The van der Waals surface area contributed by atoms with Crippen LogP contribution < -0.4 is 14.1 Å². The fourth-order valence-corrected chi connectivity index (χ4v) is 8.06. The van der Waals surface area contributed by atoms with Crippen LogP contribution in [0.25, 0.3) is 43.5 Å². The molecule has 0 fully saturated rings. The van der Waals surface area contributed by atoms with Gasteiger partial charge in [0, 0.05) is 34.0 Å². The van der Waals surface area contributed by atoms with E-state index in [9.17, 15) is 0 Å². The van der Waals surface area contributed by atoms with Crippen molar-refractivity contribution < 1.29 is 17.9 Å². The third kappa shape index (κ3) is 4.79. The molecule has 1 aromatic heterocycles. The standard InChI is InChI=1S/C38H34NO4P/c1-25(29-15-9-11-19-33(29)40-3)39(26(2)30-16-10-12-20-34(30)41-4)44-42-35-23-21-27-13-5-7-17-31(27)37(35)38-32-18-8-6-14-28(32)22-24-36(38)43-44/h5-26H,1-4H3/t25-,26-/m1/s1. The van der Waals surface area contributed by atoms with Crippen molar-refractivity contribution in [2.75, 3.05) is 18.9 Å². The summed E-state index contributed by atoms with van der Waals surface area (Å²) >= 11 is 0. The molecule has 0 N–H and O–H groups in total. The van der Waals surface area contributed by atoms with Gasteiger partial charge in [-0.05, 0) is 59.7 Å². The highest BCUT2D eigenvalue weighted by Crippen LogP contribution is 2.49. The highest BCUT2D eigenvalue weighted by atomic mass is 31.1. The van der Waals surface area contributed by atoms with Crippen LogP contribution in [0.2, 0.25) is 0 Å². The summed E-state index contributed by atoms with van der Waals surface area (Å²) in [6.07, 6.45) is 0. The van der Waals surface area contributed by atoms with E-state index in [-0.39, 0.29) is 12.1 Å². The summed E-state index contributed by atoms with van der Waals surface area (Å²) in [5.74, 6) is 1.64. The second-order valence-corrected chi connectivity index (χ2v) is 12.3. The summed E-state index contributed by atoms with van der Waals surface area (Å²) in [5.41, 5.74) is 3.70. The van der Waals surface area contributed by atoms with Gasteiger partial charge in [-0.3, -0.25) is 0 Å². The molecule has 0 spiro atoms. The predicted molar refractivity (Wildman–Crippen MR) is 182 cm³/mol. The Kier molecular flexibility index (Phi) is 7.51. The van der Waals surface area contributed by atoms with Gasteiger partial charge in [-0.15, -0.1) is 0 Å². The molecule has 2 atom stereocenters. The number of methoxy groups -OCH3 is 2. The minimum absolute atomic E-state index is 0.136. The Bertz CT molecular complexity index is 2020. The van der Waals surface area contributed by atoms with E-state index in [1.807, 2.05) is 36.4 Å². The van der Waals surface area contributed by atoms with Gasteiger partial charge < -0.3 is 17.9 Å². The van der Waals surface area contributed by atoms with Crippen molar-refractivity contribution >= 4 is 51.6 Å². The van der Waals surface area contributed by atoms with Gasteiger partial charge in [0.2, 0.25) is 0 Å². The molecule has 0 aliphatic heterocycles. The van der Waals surface area contributed by atoms with Crippen molar-refractivity contribution in [1.82, 2.24) is 0 Å². The van der Waals surface area contributed by atoms with Gasteiger partial charge in [0.15, 0.2) is 0 Å². The van der Waals surface area contributed by atoms with Crippen molar-refractivity contribution in [3.63, 3.8) is 0 Å². The molecule has 1 heterocycles. The predicted octanol–water partition coefficient (Wildman–Crippen LogP) is 11.1. The quantitative estimate of drug-likeness (QED) is 0.182. The van der Waals surface area contributed by atoms with E-state index < -0.39 is 8.16 Å². The van der Waals surface area contributed by atoms with E-state index in [1.165, 1.54) is 0 Å². The van der Waals surface area contributed by atoms with E-state index >= 15 is 0 Å². The van der Waals surface area contributed by atoms with Crippen molar-refractivity contribution in [3.05, 3.63) is 132 Å². The molecule has 0 bridgehead atoms. The lowest BCUT2D eigenvalue weighted by molar-refractivity contribution is 0.399. The smallest absolute Gasteiger partial charge is 0.310 e. The fraction of sp³-hybridized carbons (Fsp3) is 0.158. The average molecular weight is 600 g/mol. The summed E-state index contributed by atoms with van der Waals surface area (Å²) < 4.78 is 28.2. The van der Waals surface area contributed by atoms with Gasteiger partial charge in [-0.25, -0.2) is 0 Å². The highest BCUT2D eigenvalue weighted by Gasteiger charge is 2.32. The molecule has 7 aromatic rings. The Morgan fingerprint density at radius 2 is 0.932 bits per heavy atom. The Labute approximate surface area is 257 Å². The van der Waals surface area contributed by atoms with E-state index in [2.05, 4.69) is 103 Å². The molecule has 6 heteroatoms. The number of hydrogen-bond acceptors (Lipinski definition) is 5. The Morgan fingerprint density at radius 1 is 0.523 bits per heavy atom. The number of fused-ring (bicyclic) bond motifs is 7. The van der Waals surface area contributed by atoms with Crippen molar-refractivity contribution in [3.8, 4) is 11.5 Å². The molecule has 0 aliphatic carbocycles. The lowest BCUT2D eigenvalue weighted by Gasteiger charge is -2.33. The molecule has 0 saturated carbocycles.